The maximum absolute atomic E-state index is 11.3. The van der Waals surface area contributed by atoms with Crippen LogP contribution in [-0.4, -0.2) is 45.2 Å². The molecule has 0 aliphatic heterocycles. The Balaban J connectivity index is 2.55. The molecule has 0 unspecified atom stereocenters. The Morgan fingerprint density at radius 1 is 1.39 bits per heavy atom. The Hall–Kier alpha value is -1.75. The molecule has 0 bridgehead atoms. The minimum absolute atomic E-state index is 0.402. The van der Waals surface area contributed by atoms with E-state index in [4.69, 9.17) is 10.5 Å². The fraction of sp³-hybridized carbons (Fsp3) is 0.462. The molecule has 1 aromatic carbocycles. The number of nitrogens with zero attached hydrogens (tertiary/aromatic N) is 1. The van der Waals surface area contributed by atoms with Gasteiger partial charge in [0.25, 0.3) is 0 Å². The van der Waals surface area contributed by atoms with Crippen LogP contribution in [0.5, 0.6) is 5.75 Å². The number of benzene rings is 1. The van der Waals surface area contributed by atoms with Gasteiger partial charge in [0, 0.05) is 6.54 Å². The lowest BCUT2D eigenvalue weighted by atomic mass is 10.2. The summed E-state index contributed by atoms with van der Waals surface area (Å²) in [5, 5.41) is 0. The first-order valence-corrected chi connectivity index (χ1v) is 5.80. The molecule has 0 fully saturated rings. The summed E-state index contributed by atoms with van der Waals surface area (Å²) in [7, 11) is 5.36. The highest BCUT2D eigenvalue weighted by molar-refractivity contribution is 5.90. The van der Waals surface area contributed by atoms with Gasteiger partial charge < -0.3 is 20.1 Å². The second-order valence-corrected chi connectivity index (χ2v) is 4.25. The van der Waals surface area contributed by atoms with E-state index in [0.717, 1.165) is 13.0 Å². The highest BCUT2D eigenvalue weighted by Crippen LogP contribution is 2.23. The first-order valence-electron chi connectivity index (χ1n) is 5.80. The van der Waals surface area contributed by atoms with Crippen molar-refractivity contribution >= 4 is 11.7 Å². The normalized spacial score (nSPS) is 10.4. The molecule has 5 heteroatoms. The molecule has 0 aromatic heterocycles. The number of methoxy groups -OCH3 is 1. The first-order chi connectivity index (χ1) is 8.54. The molecule has 0 amide bonds. The van der Waals surface area contributed by atoms with Gasteiger partial charge in [-0.3, -0.25) is 0 Å². The van der Waals surface area contributed by atoms with E-state index in [0.29, 0.717) is 23.6 Å². The summed E-state index contributed by atoms with van der Waals surface area (Å²) in [6.07, 6.45) is 0.922. The number of nitrogen functional groups attached to an aromatic ring is 1. The van der Waals surface area contributed by atoms with Crippen LogP contribution in [-0.2, 0) is 4.74 Å². The van der Waals surface area contributed by atoms with E-state index in [1.165, 1.54) is 7.11 Å². The lowest BCUT2D eigenvalue weighted by Gasteiger charge is -2.12. The summed E-state index contributed by atoms with van der Waals surface area (Å²) in [5.74, 6) is 0.197. The number of nitrogens with two attached hydrogens (primary N) is 1. The fourth-order valence-electron chi connectivity index (χ4n) is 1.49. The molecule has 18 heavy (non-hydrogen) atoms. The van der Waals surface area contributed by atoms with Crippen LogP contribution in [0, 0.1) is 0 Å². The summed E-state index contributed by atoms with van der Waals surface area (Å²) < 4.78 is 10.2. The Labute approximate surface area is 107 Å². The highest BCUT2D eigenvalue weighted by Gasteiger charge is 2.08. The zero-order valence-corrected chi connectivity index (χ0v) is 11.1. The van der Waals surface area contributed by atoms with E-state index in [2.05, 4.69) is 9.64 Å². The van der Waals surface area contributed by atoms with Crippen molar-refractivity contribution < 1.29 is 14.3 Å². The lowest BCUT2D eigenvalue weighted by Crippen LogP contribution is -2.15. The van der Waals surface area contributed by atoms with Crippen molar-refractivity contribution in [2.45, 2.75) is 6.42 Å². The number of hydrogen-bond donors (Lipinski definition) is 1. The molecule has 0 atom stereocenters. The number of rotatable bonds is 6. The first kappa shape index (κ1) is 14.3. The molecule has 1 rings (SSSR count). The summed E-state index contributed by atoms with van der Waals surface area (Å²) in [4.78, 5) is 13.4. The molecule has 100 valence electrons. The number of carbonyl (C=O) groups excluding carboxylic acids is 1. The maximum atomic E-state index is 11.3. The zero-order chi connectivity index (χ0) is 13.5. The van der Waals surface area contributed by atoms with Gasteiger partial charge in [-0.2, -0.15) is 0 Å². The number of anilines is 1. The minimum Gasteiger partial charge on any atom is -0.491 e. The van der Waals surface area contributed by atoms with Crippen LogP contribution >= 0.6 is 0 Å². The molecule has 0 radical (unpaired) electrons. The standard InChI is InChI=1S/C13H20N2O3/c1-15(2)7-4-8-18-12-6-5-10(9-11(12)14)13(16)17-3/h5-6,9H,4,7-8,14H2,1-3H3. The molecule has 0 heterocycles. The van der Waals surface area contributed by atoms with Gasteiger partial charge in [-0.25, -0.2) is 4.79 Å². The topological polar surface area (TPSA) is 64.8 Å². The molecular weight excluding hydrogens is 232 g/mol. The molecule has 0 aliphatic carbocycles. The Bertz CT molecular complexity index is 405. The zero-order valence-electron chi connectivity index (χ0n) is 11.1. The van der Waals surface area contributed by atoms with Crippen molar-refractivity contribution in [1.29, 1.82) is 0 Å². The third-order valence-corrected chi connectivity index (χ3v) is 2.44. The summed E-state index contributed by atoms with van der Waals surface area (Å²) in [6.45, 7) is 1.56. The van der Waals surface area contributed by atoms with Gasteiger partial charge in [0.1, 0.15) is 5.75 Å². The van der Waals surface area contributed by atoms with Crippen molar-refractivity contribution in [2.24, 2.45) is 0 Å². The average molecular weight is 252 g/mol. The van der Waals surface area contributed by atoms with Gasteiger partial charge in [-0.05, 0) is 38.7 Å². The third kappa shape index (κ3) is 4.25. The maximum Gasteiger partial charge on any atom is 0.337 e. The van der Waals surface area contributed by atoms with Crippen LogP contribution in [0.1, 0.15) is 16.8 Å². The van der Waals surface area contributed by atoms with E-state index in [9.17, 15) is 4.79 Å². The van der Waals surface area contributed by atoms with Crippen molar-refractivity contribution in [2.75, 3.05) is 40.1 Å². The molecule has 0 saturated heterocycles. The number of hydrogen-bond acceptors (Lipinski definition) is 5. The van der Waals surface area contributed by atoms with Crippen LogP contribution in [0.2, 0.25) is 0 Å². The van der Waals surface area contributed by atoms with Gasteiger partial charge in [-0.1, -0.05) is 0 Å². The summed E-state index contributed by atoms with van der Waals surface area (Å²) >= 11 is 0. The van der Waals surface area contributed by atoms with E-state index in [-0.39, 0.29) is 0 Å². The quantitative estimate of drug-likeness (QED) is 0.471. The molecule has 1 aromatic rings. The van der Waals surface area contributed by atoms with Crippen molar-refractivity contribution in [3.63, 3.8) is 0 Å². The van der Waals surface area contributed by atoms with Crippen molar-refractivity contribution in [3.05, 3.63) is 23.8 Å². The second kappa shape index (κ2) is 6.86. The predicted octanol–water partition coefficient (Wildman–Crippen LogP) is 1.39. The third-order valence-electron chi connectivity index (χ3n) is 2.44. The molecule has 0 saturated carbocycles. The van der Waals surface area contributed by atoms with E-state index in [1.807, 2.05) is 14.1 Å². The van der Waals surface area contributed by atoms with Gasteiger partial charge in [0.2, 0.25) is 0 Å². The second-order valence-electron chi connectivity index (χ2n) is 4.25. The van der Waals surface area contributed by atoms with Gasteiger partial charge in [0.05, 0.1) is 25.0 Å². The highest BCUT2D eigenvalue weighted by atomic mass is 16.5. The van der Waals surface area contributed by atoms with E-state index >= 15 is 0 Å². The number of carbonyl (C=O) groups is 1. The smallest absolute Gasteiger partial charge is 0.337 e. The number of esters is 1. The summed E-state index contributed by atoms with van der Waals surface area (Å²) in [5.41, 5.74) is 6.69. The van der Waals surface area contributed by atoms with Crippen LogP contribution < -0.4 is 10.5 Å². The monoisotopic (exact) mass is 252 g/mol. The van der Waals surface area contributed by atoms with Crippen LogP contribution in [0.15, 0.2) is 18.2 Å². The predicted molar refractivity (Wildman–Crippen MR) is 70.9 cm³/mol. The average Bonchev–Trinajstić information content (AvgIpc) is 2.34. The molecule has 0 spiro atoms. The van der Waals surface area contributed by atoms with Crippen LogP contribution in [0.25, 0.3) is 0 Å². The fourth-order valence-corrected chi connectivity index (χ4v) is 1.49. The minimum atomic E-state index is -0.402. The Kier molecular flexibility index (Phi) is 5.45. The molecular formula is C13H20N2O3. The SMILES string of the molecule is COC(=O)c1ccc(OCCCN(C)C)c(N)c1. The largest absolute Gasteiger partial charge is 0.491 e. The van der Waals surface area contributed by atoms with Gasteiger partial charge in [-0.15, -0.1) is 0 Å². The summed E-state index contributed by atoms with van der Waals surface area (Å²) in [6, 6.07) is 4.90. The van der Waals surface area contributed by atoms with Gasteiger partial charge >= 0.3 is 5.97 Å². The molecule has 2 N–H and O–H groups in total. The van der Waals surface area contributed by atoms with Crippen molar-refractivity contribution in [1.82, 2.24) is 4.90 Å². The van der Waals surface area contributed by atoms with Crippen LogP contribution in [0.4, 0.5) is 5.69 Å². The molecule has 5 nitrogen and oxygen atoms in total. The van der Waals surface area contributed by atoms with Crippen molar-refractivity contribution in [3.8, 4) is 5.75 Å². The van der Waals surface area contributed by atoms with Gasteiger partial charge in [0.15, 0.2) is 0 Å². The van der Waals surface area contributed by atoms with E-state index in [1.54, 1.807) is 18.2 Å². The Morgan fingerprint density at radius 3 is 2.67 bits per heavy atom. The molecule has 0 aliphatic rings. The lowest BCUT2D eigenvalue weighted by molar-refractivity contribution is 0.0601. The van der Waals surface area contributed by atoms with E-state index < -0.39 is 5.97 Å². The Morgan fingerprint density at radius 2 is 2.11 bits per heavy atom. The number of ether oxygens (including phenoxy) is 2. The van der Waals surface area contributed by atoms with Crippen LogP contribution in [0.3, 0.4) is 0 Å².